The second-order valence-electron chi connectivity index (χ2n) is 6.62. The largest absolute Gasteiger partial charge is 0.339 e. The molecule has 0 radical (unpaired) electrons. The highest BCUT2D eigenvalue weighted by Gasteiger charge is 2.26. The van der Waals surface area contributed by atoms with E-state index in [1.807, 2.05) is 43.5 Å². The molecule has 0 aromatic carbocycles. The van der Waals surface area contributed by atoms with E-state index in [9.17, 15) is 4.79 Å². The number of carbonyl (C=O) groups excluding carboxylic acids is 1. The van der Waals surface area contributed by atoms with E-state index in [2.05, 4.69) is 10.1 Å². The lowest BCUT2D eigenvalue weighted by Gasteiger charge is -2.31. The molecule has 1 fully saturated rings. The first kappa shape index (κ1) is 16.0. The van der Waals surface area contributed by atoms with E-state index < -0.39 is 0 Å². The fourth-order valence-electron chi connectivity index (χ4n) is 3.69. The van der Waals surface area contributed by atoms with Crippen LogP contribution in [0.1, 0.15) is 60.8 Å². The Kier molecular flexibility index (Phi) is 4.37. The van der Waals surface area contributed by atoms with E-state index >= 15 is 0 Å². The van der Waals surface area contributed by atoms with Crippen molar-refractivity contribution in [2.45, 2.75) is 65.5 Å². The first-order valence-corrected chi connectivity index (χ1v) is 8.64. The Hall–Kier alpha value is -1.91. The van der Waals surface area contributed by atoms with Crippen molar-refractivity contribution in [1.29, 1.82) is 0 Å². The Morgan fingerprint density at radius 1 is 1.30 bits per heavy atom. The van der Waals surface area contributed by atoms with Crippen LogP contribution < -0.4 is 0 Å². The van der Waals surface area contributed by atoms with Crippen molar-refractivity contribution in [2.24, 2.45) is 0 Å². The summed E-state index contributed by atoms with van der Waals surface area (Å²) in [6.45, 7) is 6.71. The minimum absolute atomic E-state index is 0.103. The zero-order valence-electron chi connectivity index (χ0n) is 14.6. The van der Waals surface area contributed by atoms with Crippen LogP contribution in [-0.4, -0.2) is 38.7 Å². The second-order valence-corrected chi connectivity index (χ2v) is 6.62. The molecule has 5 nitrogen and oxygen atoms in total. The van der Waals surface area contributed by atoms with Gasteiger partial charge in [-0.25, -0.2) is 9.67 Å². The fraction of sp³-hybridized carbons (Fsp3) is 0.611. The number of fused-ring (bicyclic) bond motifs is 1. The van der Waals surface area contributed by atoms with Crippen molar-refractivity contribution >= 4 is 16.9 Å². The number of aromatic nitrogens is 3. The van der Waals surface area contributed by atoms with Crippen molar-refractivity contribution in [1.82, 2.24) is 19.7 Å². The molecule has 3 rings (SSSR count). The summed E-state index contributed by atoms with van der Waals surface area (Å²) in [7, 11) is 1.94. The summed E-state index contributed by atoms with van der Waals surface area (Å²) in [5, 5.41) is 5.46. The number of rotatable bonds is 3. The van der Waals surface area contributed by atoms with E-state index in [4.69, 9.17) is 0 Å². The quantitative estimate of drug-likeness (QED) is 0.871. The van der Waals surface area contributed by atoms with Gasteiger partial charge in [-0.15, -0.1) is 0 Å². The molecule has 0 atom stereocenters. The zero-order valence-corrected chi connectivity index (χ0v) is 14.6. The molecule has 0 aliphatic heterocycles. The van der Waals surface area contributed by atoms with Gasteiger partial charge < -0.3 is 4.90 Å². The topological polar surface area (TPSA) is 51.0 Å². The fourth-order valence-corrected chi connectivity index (χ4v) is 3.69. The van der Waals surface area contributed by atoms with E-state index in [1.54, 1.807) is 0 Å². The lowest BCUT2D eigenvalue weighted by Crippen LogP contribution is -2.38. The lowest BCUT2D eigenvalue weighted by atomic mass is 9.94. The summed E-state index contributed by atoms with van der Waals surface area (Å²) in [6.07, 6.45) is 5.96. The first-order chi connectivity index (χ1) is 11.0. The minimum Gasteiger partial charge on any atom is -0.339 e. The number of carbonyl (C=O) groups is 1. The Balaban J connectivity index is 2.04. The van der Waals surface area contributed by atoms with Crippen molar-refractivity contribution in [3.8, 4) is 0 Å². The van der Waals surface area contributed by atoms with Crippen molar-refractivity contribution < 1.29 is 4.79 Å². The van der Waals surface area contributed by atoms with E-state index in [0.717, 1.165) is 47.4 Å². The van der Waals surface area contributed by atoms with Gasteiger partial charge in [-0.1, -0.05) is 19.3 Å². The summed E-state index contributed by atoms with van der Waals surface area (Å²) < 4.78 is 1.88. The molecule has 0 bridgehead atoms. The van der Waals surface area contributed by atoms with Gasteiger partial charge in [-0.3, -0.25) is 4.79 Å². The molecule has 2 heterocycles. The molecule has 0 spiro atoms. The molecule has 124 valence electrons. The van der Waals surface area contributed by atoms with E-state index in [0.29, 0.717) is 6.04 Å². The van der Waals surface area contributed by atoms with Crippen LogP contribution in [0.2, 0.25) is 0 Å². The van der Waals surface area contributed by atoms with Crippen LogP contribution in [0.15, 0.2) is 6.07 Å². The van der Waals surface area contributed by atoms with Crippen molar-refractivity contribution in [2.75, 3.05) is 7.05 Å². The maximum Gasteiger partial charge on any atom is 0.254 e. The number of nitrogens with zero attached hydrogens (tertiary/aromatic N) is 4. The highest BCUT2D eigenvalue weighted by atomic mass is 16.2. The van der Waals surface area contributed by atoms with Crippen LogP contribution in [0.4, 0.5) is 0 Å². The minimum atomic E-state index is 0.103. The Bertz CT molecular complexity index is 728. The summed E-state index contributed by atoms with van der Waals surface area (Å²) in [5.41, 5.74) is 3.32. The molecule has 1 aliphatic carbocycles. The molecular formula is C18H26N4O. The standard InChI is InChI=1S/C18H26N4O/c1-5-22-17-16(13(3)20-22)15(11-12(2)19-17)18(23)21(4)14-9-7-6-8-10-14/h11,14H,5-10H2,1-4H3. The maximum atomic E-state index is 13.1. The molecule has 1 saturated carbocycles. The molecule has 1 amide bonds. The number of pyridine rings is 1. The third-order valence-corrected chi connectivity index (χ3v) is 4.98. The van der Waals surface area contributed by atoms with Gasteiger partial charge in [0.25, 0.3) is 5.91 Å². The van der Waals surface area contributed by atoms with Gasteiger partial charge in [-0.05, 0) is 39.7 Å². The Morgan fingerprint density at radius 2 is 2.00 bits per heavy atom. The predicted octanol–water partition coefficient (Wildman–Crippen LogP) is 3.47. The van der Waals surface area contributed by atoms with Crippen LogP contribution in [0.3, 0.4) is 0 Å². The molecule has 1 aliphatic rings. The van der Waals surface area contributed by atoms with Crippen molar-refractivity contribution in [3.63, 3.8) is 0 Å². The average molecular weight is 314 g/mol. The normalized spacial score (nSPS) is 16.0. The Labute approximate surface area is 137 Å². The highest BCUT2D eigenvalue weighted by molar-refractivity contribution is 6.06. The van der Waals surface area contributed by atoms with Gasteiger partial charge in [0.2, 0.25) is 0 Å². The van der Waals surface area contributed by atoms with Gasteiger partial charge in [0.15, 0.2) is 5.65 Å². The number of hydrogen-bond acceptors (Lipinski definition) is 3. The molecule has 0 unspecified atom stereocenters. The van der Waals surface area contributed by atoms with Gasteiger partial charge in [-0.2, -0.15) is 5.10 Å². The van der Waals surface area contributed by atoms with Crippen LogP contribution in [0, 0.1) is 13.8 Å². The van der Waals surface area contributed by atoms with Crippen LogP contribution >= 0.6 is 0 Å². The smallest absolute Gasteiger partial charge is 0.254 e. The lowest BCUT2D eigenvalue weighted by molar-refractivity contribution is 0.0698. The summed E-state index contributed by atoms with van der Waals surface area (Å²) in [5.74, 6) is 0.103. The number of hydrogen-bond donors (Lipinski definition) is 0. The van der Waals surface area contributed by atoms with E-state index in [1.165, 1.54) is 19.3 Å². The molecule has 0 N–H and O–H groups in total. The molecule has 2 aromatic rings. The van der Waals surface area contributed by atoms with E-state index in [-0.39, 0.29) is 5.91 Å². The van der Waals surface area contributed by atoms with Gasteiger partial charge in [0.1, 0.15) is 0 Å². The molecule has 0 saturated heterocycles. The first-order valence-electron chi connectivity index (χ1n) is 8.64. The monoisotopic (exact) mass is 314 g/mol. The van der Waals surface area contributed by atoms with Gasteiger partial charge in [0.05, 0.1) is 16.6 Å². The van der Waals surface area contributed by atoms with Gasteiger partial charge >= 0.3 is 0 Å². The highest BCUT2D eigenvalue weighted by Crippen LogP contribution is 2.27. The SMILES string of the molecule is CCn1nc(C)c2c(C(=O)N(C)C3CCCCC3)cc(C)nc21. The van der Waals surface area contributed by atoms with Crippen LogP contribution in [0.5, 0.6) is 0 Å². The number of amides is 1. The summed E-state index contributed by atoms with van der Waals surface area (Å²) in [6, 6.07) is 2.28. The second kappa shape index (κ2) is 6.30. The third-order valence-electron chi connectivity index (χ3n) is 4.98. The molecule has 23 heavy (non-hydrogen) atoms. The summed E-state index contributed by atoms with van der Waals surface area (Å²) >= 11 is 0. The van der Waals surface area contributed by atoms with Crippen molar-refractivity contribution in [3.05, 3.63) is 23.0 Å². The number of aryl methyl sites for hydroxylation is 3. The Morgan fingerprint density at radius 3 is 2.65 bits per heavy atom. The predicted molar refractivity (Wildman–Crippen MR) is 91.6 cm³/mol. The van der Waals surface area contributed by atoms with Crippen LogP contribution in [0.25, 0.3) is 11.0 Å². The average Bonchev–Trinajstić information content (AvgIpc) is 2.89. The van der Waals surface area contributed by atoms with Crippen LogP contribution in [-0.2, 0) is 6.54 Å². The van der Waals surface area contributed by atoms with Gasteiger partial charge in [0, 0.05) is 25.3 Å². The molecule has 5 heteroatoms. The summed E-state index contributed by atoms with van der Waals surface area (Å²) in [4.78, 5) is 19.7. The molecular weight excluding hydrogens is 288 g/mol. The molecule has 2 aromatic heterocycles. The third kappa shape index (κ3) is 2.84. The zero-order chi connectivity index (χ0) is 16.6. The maximum absolute atomic E-state index is 13.1.